The molecule has 0 aliphatic heterocycles. The van der Waals surface area contributed by atoms with Gasteiger partial charge in [0.1, 0.15) is 0 Å². The molecule has 0 amide bonds. The molecular formula is C10H13FN2O5S. The first-order valence-corrected chi connectivity index (χ1v) is 6.66. The lowest BCUT2D eigenvalue weighted by Crippen LogP contribution is -2.46. The Balaban J connectivity index is 3.23. The SMILES string of the molecule is CC(C)(CO)NS(=O)(=O)c1ccc(F)c([N+](=O)[O-])c1. The van der Waals surface area contributed by atoms with Gasteiger partial charge in [-0.05, 0) is 26.0 Å². The predicted molar refractivity (Wildman–Crippen MR) is 64.5 cm³/mol. The van der Waals surface area contributed by atoms with Crippen molar-refractivity contribution in [1.29, 1.82) is 0 Å². The van der Waals surface area contributed by atoms with Crippen LogP contribution in [0, 0.1) is 15.9 Å². The minimum atomic E-state index is -4.08. The van der Waals surface area contributed by atoms with E-state index in [0.717, 1.165) is 6.07 Å². The van der Waals surface area contributed by atoms with Crippen LogP contribution >= 0.6 is 0 Å². The van der Waals surface area contributed by atoms with Crippen LogP contribution in [-0.2, 0) is 10.0 Å². The van der Waals surface area contributed by atoms with E-state index in [9.17, 15) is 22.9 Å². The van der Waals surface area contributed by atoms with E-state index in [1.165, 1.54) is 13.8 Å². The summed E-state index contributed by atoms with van der Waals surface area (Å²) in [5.41, 5.74) is -2.06. The molecular weight excluding hydrogens is 279 g/mol. The minimum absolute atomic E-state index is 0.442. The Bertz CT molecular complexity index is 600. The molecule has 0 aromatic heterocycles. The smallest absolute Gasteiger partial charge is 0.306 e. The molecule has 19 heavy (non-hydrogen) atoms. The number of aliphatic hydroxyl groups excluding tert-OH is 1. The molecule has 0 unspecified atom stereocenters. The Labute approximate surface area is 109 Å². The molecule has 106 valence electrons. The summed E-state index contributed by atoms with van der Waals surface area (Å²) in [7, 11) is -4.08. The molecule has 0 saturated carbocycles. The first-order chi connectivity index (χ1) is 8.59. The molecule has 2 N–H and O–H groups in total. The van der Waals surface area contributed by atoms with E-state index in [1.807, 2.05) is 0 Å². The zero-order valence-electron chi connectivity index (χ0n) is 10.3. The second-order valence-corrected chi connectivity index (χ2v) is 6.20. The van der Waals surface area contributed by atoms with Gasteiger partial charge >= 0.3 is 5.69 Å². The Hall–Kier alpha value is -1.58. The van der Waals surface area contributed by atoms with Crippen LogP contribution in [0.1, 0.15) is 13.8 Å². The van der Waals surface area contributed by atoms with Gasteiger partial charge < -0.3 is 5.11 Å². The van der Waals surface area contributed by atoms with Crippen molar-refractivity contribution in [3.05, 3.63) is 34.1 Å². The Morgan fingerprint density at radius 1 is 1.47 bits per heavy atom. The normalized spacial score (nSPS) is 12.4. The molecule has 1 aromatic carbocycles. The third-order valence-corrected chi connectivity index (χ3v) is 3.93. The summed E-state index contributed by atoms with van der Waals surface area (Å²) >= 11 is 0. The van der Waals surface area contributed by atoms with Gasteiger partial charge in [-0.1, -0.05) is 0 Å². The highest BCUT2D eigenvalue weighted by molar-refractivity contribution is 7.89. The first kappa shape index (κ1) is 15.5. The average molecular weight is 292 g/mol. The van der Waals surface area contributed by atoms with Crippen LogP contribution in [0.3, 0.4) is 0 Å². The van der Waals surface area contributed by atoms with E-state index in [0.29, 0.717) is 12.1 Å². The van der Waals surface area contributed by atoms with Gasteiger partial charge in [0.15, 0.2) is 0 Å². The summed E-state index contributed by atoms with van der Waals surface area (Å²) in [6.07, 6.45) is 0. The average Bonchev–Trinajstić information content (AvgIpc) is 2.27. The van der Waals surface area contributed by atoms with Crippen molar-refractivity contribution in [3.63, 3.8) is 0 Å². The van der Waals surface area contributed by atoms with Crippen LogP contribution in [0.15, 0.2) is 23.1 Å². The van der Waals surface area contributed by atoms with Gasteiger partial charge in [-0.25, -0.2) is 13.1 Å². The third kappa shape index (κ3) is 3.69. The van der Waals surface area contributed by atoms with Gasteiger partial charge in [-0.2, -0.15) is 4.39 Å². The van der Waals surface area contributed by atoms with Crippen LogP contribution in [0.25, 0.3) is 0 Å². The highest BCUT2D eigenvalue weighted by Crippen LogP contribution is 2.22. The van der Waals surface area contributed by atoms with Crippen molar-refractivity contribution in [3.8, 4) is 0 Å². The fourth-order valence-corrected chi connectivity index (χ4v) is 2.68. The van der Waals surface area contributed by atoms with Crippen molar-refractivity contribution in [2.45, 2.75) is 24.3 Å². The van der Waals surface area contributed by atoms with Gasteiger partial charge in [0.2, 0.25) is 15.8 Å². The van der Waals surface area contributed by atoms with Crippen LogP contribution in [0.4, 0.5) is 10.1 Å². The maximum atomic E-state index is 13.1. The fraction of sp³-hybridized carbons (Fsp3) is 0.400. The van der Waals surface area contributed by atoms with E-state index >= 15 is 0 Å². The number of rotatable bonds is 5. The highest BCUT2D eigenvalue weighted by atomic mass is 32.2. The molecule has 0 fully saturated rings. The molecule has 0 saturated heterocycles. The topological polar surface area (TPSA) is 110 Å². The van der Waals surface area contributed by atoms with Gasteiger partial charge in [-0.15, -0.1) is 0 Å². The minimum Gasteiger partial charge on any atom is -0.394 e. The summed E-state index contributed by atoms with van der Waals surface area (Å²) in [5.74, 6) is -1.12. The maximum absolute atomic E-state index is 13.1. The lowest BCUT2D eigenvalue weighted by atomic mass is 10.1. The number of nitro benzene ring substituents is 1. The maximum Gasteiger partial charge on any atom is 0.306 e. The van der Waals surface area contributed by atoms with Gasteiger partial charge in [0, 0.05) is 6.07 Å². The van der Waals surface area contributed by atoms with Crippen LogP contribution in [0.5, 0.6) is 0 Å². The summed E-state index contributed by atoms with van der Waals surface area (Å²) in [4.78, 5) is 9.10. The van der Waals surface area contributed by atoms with Crippen molar-refractivity contribution in [2.24, 2.45) is 0 Å². The Kier molecular flexibility index (Phi) is 4.23. The lowest BCUT2D eigenvalue weighted by Gasteiger charge is -2.23. The van der Waals surface area contributed by atoms with Crippen molar-refractivity contribution in [1.82, 2.24) is 4.72 Å². The second kappa shape index (κ2) is 5.19. The number of nitrogens with zero attached hydrogens (tertiary/aromatic N) is 1. The van der Waals surface area contributed by atoms with E-state index in [4.69, 9.17) is 5.11 Å². The van der Waals surface area contributed by atoms with Crippen LogP contribution in [0.2, 0.25) is 0 Å². The van der Waals surface area contributed by atoms with Crippen molar-refractivity contribution in [2.75, 3.05) is 6.61 Å². The number of halogens is 1. The van der Waals surface area contributed by atoms with Gasteiger partial charge in [0.05, 0.1) is 22.0 Å². The molecule has 0 bridgehead atoms. The quantitative estimate of drug-likeness (QED) is 0.615. The first-order valence-electron chi connectivity index (χ1n) is 5.18. The molecule has 0 heterocycles. The van der Waals surface area contributed by atoms with Gasteiger partial charge in [-0.3, -0.25) is 10.1 Å². The molecule has 9 heteroatoms. The largest absolute Gasteiger partial charge is 0.394 e. The van der Waals surface area contributed by atoms with Crippen molar-refractivity contribution < 1.29 is 22.8 Å². The monoisotopic (exact) mass is 292 g/mol. The Morgan fingerprint density at radius 3 is 2.53 bits per heavy atom. The summed E-state index contributed by atoms with van der Waals surface area (Å²) < 4.78 is 39.1. The number of hydrogen-bond donors (Lipinski definition) is 2. The summed E-state index contributed by atoms with van der Waals surface area (Å²) in [6.45, 7) is 2.40. The summed E-state index contributed by atoms with van der Waals surface area (Å²) in [5, 5.41) is 19.5. The van der Waals surface area contributed by atoms with E-state index in [1.54, 1.807) is 0 Å². The number of nitro groups is 1. The Morgan fingerprint density at radius 2 is 2.05 bits per heavy atom. The number of hydrogen-bond acceptors (Lipinski definition) is 5. The van der Waals surface area contributed by atoms with E-state index in [-0.39, 0.29) is 0 Å². The van der Waals surface area contributed by atoms with E-state index in [2.05, 4.69) is 4.72 Å². The molecule has 1 rings (SSSR count). The van der Waals surface area contributed by atoms with E-state index < -0.39 is 43.5 Å². The second-order valence-electron chi connectivity index (χ2n) is 4.52. The summed E-state index contributed by atoms with van der Waals surface area (Å²) in [6, 6.07) is 2.25. The number of sulfonamides is 1. The number of benzene rings is 1. The lowest BCUT2D eigenvalue weighted by molar-refractivity contribution is -0.387. The van der Waals surface area contributed by atoms with Crippen molar-refractivity contribution >= 4 is 15.7 Å². The standard InChI is InChI=1S/C10H13FN2O5S/c1-10(2,6-14)12-19(17,18)7-3-4-8(11)9(5-7)13(15)16/h3-5,12,14H,6H2,1-2H3. The zero-order chi connectivity index (χ0) is 14.8. The van der Waals surface area contributed by atoms with Crippen LogP contribution < -0.4 is 4.72 Å². The molecule has 0 atom stereocenters. The molecule has 0 aliphatic rings. The van der Waals surface area contributed by atoms with Crippen LogP contribution in [-0.4, -0.2) is 30.6 Å². The third-order valence-electron chi connectivity index (χ3n) is 2.23. The molecule has 0 aliphatic carbocycles. The molecule has 7 nitrogen and oxygen atoms in total. The predicted octanol–water partition coefficient (Wildman–Crippen LogP) is 0.783. The fourth-order valence-electron chi connectivity index (χ4n) is 1.25. The number of aliphatic hydroxyl groups is 1. The number of nitrogens with one attached hydrogen (secondary N) is 1. The molecule has 0 radical (unpaired) electrons. The van der Waals surface area contributed by atoms with Gasteiger partial charge in [0.25, 0.3) is 0 Å². The zero-order valence-corrected chi connectivity index (χ0v) is 11.1. The molecule has 0 spiro atoms. The molecule has 1 aromatic rings. The highest BCUT2D eigenvalue weighted by Gasteiger charge is 2.27.